The van der Waals surface area contributed by atoms with Crippen molar-refractivity contribution in [2.45, 2.75) is 50.8 Å². The highest BCUT2D eigenvalue weighted by Gasteiger charge is 2.05. The molecule has 1 aromatic heterocycles. The van der Waals surface area contributed by atoms with Gasteiger partial charge in [-0.1, -0.05) is 26.2 Å². The van der Waals surface area contributed by atoms with Gasteiger partial charge in [0.05, 0.1) is 0 Å². The van der Waals surface area contributed by atoms with Gasteiger partial charge in [0, 0.05) is 11.3 Å². The highest BCUT2D eigenvalue weighted by Crippen LogP contribution is 2.24. The number of hydrogen-bond donors (Lipinski definition) is 0. The van der Waals surface area contributed by atoms with E-state index < -0.39 is 0 Å². The Balaban J connectivity index is 2.35. The van der Waals surface area contributed by atoms with Gasteiger partial charge in [0.1, 0.15) is 11.5 Å². The maximum absolute atomic E-state index is 5.66. The van der Waals surface area contributed by atoms with E-state index in [9.17, 15) is 0 Å². The summed E-state index contributed by atoms with van der Waals surface area (Å²) in [6.07, 6.45) is 8.42. The van der Waals surface area contributed by atoms with Crippen LogP contribution in [0, 0.1) is 6.92 Å². The van der Waals surface area contributed by atoms with E-state index in [4.69, 9.17) is 4.42 Å². The molecule has 0 aliphatic carbocycles. The molecule has 0 amide bonds. The van der Waals surface area contributed by atoms with Gasteiger partial charge in [0.2, 0.25) is 0 Å². The molecule has 1 nitrogen and oxygen atoms in total. The molecule has 1 heterocycles. The Hall–Kier alpha value is -0.370. The number of unbranched alkanes of at least 4 members (excludes halogenated alkanes) is 3. The van der Waals surface area contributed by atoms with Gasteiger partial charge < -0.3 is 4.42 Å². The highest BCUT2D eigenvalue weighted by molar-refractivity contribution is 7.98. The summed E-state index contributed by atoms with van der Waals surface area (Å²) in [5, 5.41) is 0. The molecule has 0 fully saturated rings. The monoisotopic (exact) mass is 212 g/mol. The summed E-state index contributed by atoms with van der Waals surface area (Å²) in [6, 6.07) is 2.19. The van der Waals surface area contributed by atoms with E-state index in [1.54, 1.807) is 11.8 Å². The van der Waals surface area contributed by atoms with Crippen LogP contribution in [0.15, 0.2) is 15.4 Å². The van der Waals surface area contributed by atoms with Crippen LogP contribution in [0.5, 0.6) is 0 Å². The Morgan fingerprint density at radius 2 is 2.07 bits per heavy atom. The van der Waals surface area contributed by atoms with Crippen LogP contribution in [0.4, 0.5) is 0 Å². The lowest BCUT2D eigenvalue weighted by Crippen LogP contribution is -1.82. The van der Waals surface area contributed by atoms with Crippen molar-refractivity contribution >= 4 is 11.8 Å². The maximum Gasteiger partial charge on any atom is 0.114 e. The third kappa shape index (κ3) is 3.41. The van der Waals surface area contributed by atoms with Gasteiger partial charge in [-0.2, -0.15) is 0 Å². The smallest absolute Gasteiger partial charge is 0.114 e. The summed E-state index contributed by atoms with van der Waals surface area (Å²) in [5.74, 6) is 2.23. The molecular formula is C12H20OS. The Morgan fingerprint density at radius 1 is 1.29 bits per heavy atom. The van der Waals surface area contributed by atoms with Gasteiger partial charge >= 0.3 is 0 Å². The molecule has 0 saturated heterocycles. The first kappa shape index (κ1) is 11.7. The van der Waals surface area contributed by atoms with E-state index in [2.05, 4.69) is 19.2 Å². The topological polar surface area (TPSA) is 13.1 Å². The van der Waals surface area contributed by atoms with E-state index in [-0.39, 0.29) is 0 Å². The van der Waals surface area contributed by atoms with Crippen LogP contribution >= 0.6 is 11.8 Å². The van der Waals surface area contributed by atoms with Gasteiger partial charge in [-0.25, -0.2) is 0 Å². The van der Waals surface area contributed by atoms with E-state index in [1.165, 1.54) is 30.6 Å². The summed E-state index contributed by atoms with van der Waals surface area (Å²) >= 11 is 1.77. The average molecular weight is 212 g/mol. The summed E-state index contributed by atoms with van der Waals surface area (Å²) < 4.78 is 5.66. The van der Waals surface area contributed by atoms with Crippen LogP contribution in [0.25, 0.3) is 0 Å². The molecule has 0 radical (unpaired) electrons. The Morgan fingerprint density at radius 3 is 2.64 bits per heavy atom. The van der Waals surface area contributed by atoms with Gasteiger partial charge in [0.25, 0.3) is 0 Å². The summed E-state index contributed by atoms with van der Waals surface area (Å²) in [6.45, 7) is 4.28. The van der Waals surface area contributed by atoms with E-state index in [0.717, 1.165) is 17.9 Å². The molecule has 0 spiro atoms. The number of furan rings is 1. The first-order chi connectivity index (χ1) is 6.77. The second-order valence-electron chi connectivity index (χ2n) is 3.65. The Bertz CT molecular complexity index is 265. The maximum atomic E-state index is 5.66. The fourth-order valence-electron chi connectivity index (χ4n) is 1.58. The lowest BCUT2D eigenvalue weighted by atomic mass is 10.1. The number of rotatable bonds is 6. The van der Waals surface area contributed by atoms with Gasteiger partial charge in [-0.3, -0.25) is 0 Å². The van der Waals surface area contributed by atoms with Crippen LogP contribution < -0.4 is 0 Å². The quantitative estimate of drug-likeness (QED) is 0.511. The van der Waals surface area contributed by atoms with Crippen LogP contribution in [-0.2, 0) is 6.42 Å². The third-order valence-electron chi connectivity index (χ3n) is 2.42. The minimum Gasteiger partial charge on any atom is -0.465 e. The molecule has 80 valence electrons. The van der Waals surface area contributed by atoms with Crippen molar-refractivity contribution in [2.24, 2.45) is 0 Å². The molecule has 0 bridgehead atoms. The zero-order valence-electron chi connectivity index (χ0n) is 9.43. The minimum absolute atomic E-state index is 1.07. The van der Waals surface area contributed by atoms with E-state index in [1.807, 2.05) is 6.92 Å². The summed E-state index contributed by atoms with van der Waals surface area (Å²) in [4.78, 5) is 1.29. The second-order valence-corrected chi connectivity index (χ2v) is 4.50. The number of aryl methyl sites for hydroxylation is 2. The number of hydrogen-bond acceptors (Lipinski definition) is 2. The standard InChI is InChI=1S/C12H20OS/c1-4-5-6-7-8-11-9-12(14-3)10(2)13-11/h9H,4-8H2,1-3H3. The Labute approximate surface area is 91.3 Å². The van der Waals surface area contributed by atoms with Crippen LogP contribution in [0.2, 0.25) is 0 Å². The zero-order valence-corrected chi connectivity index (χ0v) is 10.2. The van der Waals surface area contributed by atoms with Crippen molar-refractivity contribution in [1.29, 1.82) is 0 Å². The van der Waals surface area contributed by atoms with Crippen molar-refractivity contribution in [1.82, 2.24) is 0 Å². The van der Waals surface area contributed by atoms with Crippen molar-refractivity contribution in [3.8, 4) is 0 Å². The SMILES string of the molecule is CCCCCCc1cc(SC)c(C)o1. The first-order valence-corrected chi connectivity index (χ1v) is 6.63. The third-order valence-corrected chi connectivity index (χ3v) is 3.27. The second kappa shape index (κ2) is 6.18. The fraction of sp³-hybridized carbons (Fsp3) is 0.667. The number of thioether (sulfide) groups is 1. The molecule has 0 aliphatic heterocycles. The molecule has 2 heteroatoms. The molecule has 0 unspecified atom stereocenters. The summed E-state index contributed by atoms with van der Waals surface area (Å²) in [7, 11) is 0. The molecule has 0 N–H and O–H groups in total. The molecular weight excluding hydrogens is 192 g/mol. The lowest BCUT2D eigenvalue weighted by Gasteiger charge is -1.95. The molecule has 14 heavy (non-hydrogen) atoms. The summed E-state index contributed by atoms with van der Waals surface area (Å²) in [5.41, 5.74) is 0. The molecule has 1 rings (SSSR count). The normalized spacial score (nSPS) is 10.8. The fourth-order valence-corrected chi connectivity index (χ4v) is 2.15. The lowest BCUT2D eigenvalue weighted by molar-refractivity contribution is 0.467. The van der Waals surface area contributed by atoms with Crippen LogP contribution in [0.1, 0.15) is 44.1 Å². The average Bonchev–Trinajstić information content (AvgIpc) is 2.54. The van der Waals surface area contributed by atoms with Crippen LogP contribution in [0.3, 0.4) is 0 Å². The molecule has 0 aliphatic rings. The van der Waals surface area contributed by atoms with Crippen molar-refractivity contribution in [3.63, 3.8) is 0 Å². The largest absolute Gasteiger partial charge is 0.465 e. The highest BCUT2D eigenvalue weighted by atomic mass is 32.2. The minimum atomic E-state index is 1.07. The van der Waals surface area contributed by atoms with E-state index >= 15 is 0 Å². The van der Waals surface area contributed by atoms with Crippen molar-refractivity contribution in [2.75, 3.05) is 6.26 Å². The first-order valence-electron chi connectivity index (χ1n) is 5.41. The van der Waals surface area contributed by atoms with Gasteiger partial charge in [-0.05, 0) is 25.7 Å². The van der Waals surface area contributed by atoms with Gasteiger partial charge in [0.15, 0.2) is 0 Å². The van der Waals surface area contributed by atoms with E-state index in [0.29, 0.717) is 0 Å². The predicted octanol–water partition coefficient (Wildman–Crippen LogP) is 4.43. The van der Waals surface area contributed by atoms with Crippen molar-refractivity contribution < 1.29 is 4.42 Å². The Kier molecular flexibility index (Phi) is 5.16. The predicted molar refractivity (Wildman–Crippen MR) is 63.1 cm³/mol. The molecule has 1 aromatic rings. The molecule has 0 aromatic carbocycles. The molecule has 0 atom stereocenters. The zero-order chi connectivity index (χ0) is 10.4. The molecule has 0 saturated carbocycles. The van der Waals surface area contributed by atoms with Crippen molar-refractivity contribution in [3.05, 3.63) is 17.6 Å². The van der Waals surface area contributed by atoms with Gasteiger partial charge in [-0.15, -0.1) is 11.8 Å². The van der Waals surface area contributed by atoms with Crippen LogP contribution in [-0.4, -0.2) is 6.26 Å².